The number of aromatic amines is 1. The van der Waals surface area contributed by atoms with E-state index in [0.717, 1.165) is 36.7 Å². The second-order valence-electron chi connectivity index (χ2n) is 7.63. The molecule has 5 rings (SSSR count). The number of anilines is 2. The number of nitrogens with zero attached hydrogens (tertiary/aromatic N) is 4. The van der Waals surface area contributed by atoms with Crippen LogP contribution in [0.2, 0.25) is 0 Å². The van der Waals surface area contributed by atoms with Crippen molar-refractivity contribution < 1.29 is 0 Å². The van der Waals surface area contributed by atoms with Gasteiger partial charge in [0.2, 0.25) is 0 Å². The predicted molar refractivity (Wildman–Crippen MR) is 117 cm³/mol. The van der Waals surface area contributed by atoms with Crippen LogP contribution in [0.1, 0.15) is 36.0 Å². The summed E-state index contributed by atoms with van der Waals surface area (Å²) in [5.74, 6) is 0.788. The minimum absolute atomic E-state index is 0.303. The van der Waals surface area contributed by atoms with E-state index in [-0.39, 0.29) is 0 Å². The highest BCUT2D eigenvalue weighted by atomic mass is 15.2. The molecule has 0 saturated carbocycles. The molecule has 0 bridgehead atoms. The Hall–Kier alpha value is -3.69. The number of rotatable bonds is 5. The van der Waals surface area contributed by atoms with E-state index < -0.39 is 0 Å². The maximum Gasteiger partial charge on any atom is 0.140 e. The quantitative estimate of drug-likeness (QED) is 0.503. The Morgan fingerprint density at radius 1 is 1.13 bits per heavy atom. The number of aromatic nitrogens is 3. The fourth-order valence-corrected chi connectivity index (χ4v) is 4.18. The molecular formula is C24H22N6. The topological polar surface area (TPSA) is 80.6 Å². The van der Waals surface area contributed by atoms with Crippen LogP contribution in [0.25, 0.3) is 10.9 Å². The van der Waals surface area contributed by atoms with Crippen molar-refractivity contribution in [3.63, 3.8) is 0 Å². The monoisotopic (exact) mass is 394 g/mol. The lowest BCUT2D eigenvalue weighted by Crippen LogP contribution is -2.23. The van der Waals surface area contributed by atoms with E-state index in [2.05, 4.69) is 56.6 Å². The van der Waals surface area contributed by atoms with Gasteiger partial charge in [0, 0.05) is 17.8 Å². The second kappa shape index (κ2) is 7.97. The Kier molecular flexibility index (Phi) is 4.88. The molecule has 1 aromatic carbocycles. The third-order valence-corrected chi connectivity index (χ3v) is 5.59. The van der Waals surface area contributed by atoms with Gasteiger partial charge in [-0.3, -0.25) is 4.90 Å². The smallest absolute Gasteiger partial charge is 0.140 e. The number of H-pyrrole nitrogens is 1. The molecule has 1 saturated heterocycles. The molecule has 4 heterocycles. The van der Waals surface area contributed by atoms with Crippen molar-refractivity contribution in [2.45, 2.75) is 25.4 Å². The zero-order valence-electron chi connectivity index (χ0n) is 16.5. The largest absolute Gasteiger partial charge is 0.357 e. The molecule has 0 aliphatic carbocycles. The highest BCUT2D eigenvalue weighted by Gasteiger charge is 2.27. The summed E-state index contributed by atoms with van der Waals surface area (Å²) in [6, 6.07) is 22.6. The van der Waals surface area contributed by atoms with Gasteiger partial charge < -0.3 is 10.3 Å². The van der Waals surface area contributed by atoms with Crippen molar-refractivity contribution in [2.75, 3.05) is 11.9 Å². The average molecular weight is 394 g/mol. The van der Waals surface area contributed by atoms with Gasteiger partial charge >= 0.3 is 0 Å². The van der Waals surface area contributed by atoms with Gasteiger partial charge in [-0.05, 0) is 61.2 Å². The summed E-state index contributed by atoms with van der Waals surface area (Å²) in [6.07, 6.45) is 3.93. The summed E-state index contributed by atoms with van der Waals surface area (Å²) in [6.45, 7) is 1.96. The van der Waals surface area contributed by atoms with Crippen molar-refractivity contribution in [2.24, 2.45) is 0 Å². The van der Waals surface area contributed by atoms with Crippen LogP contribution in [0, 0.1) is 11.3 Å². The van der Waals surface area contributed by atoms with Crippen LogP contribution < -0.4 is 5.32 Å². The number of hydrogen-bond donors (Lipinski definition) is 2. The van der Waals surface area contributed by atoms with Crippen LogP contribution in [0.3, 0.4) is 0 Å². The first-order valence-corrected chi connectivity index (χ1v) is 10.2. The van der Waals surface area contributed by atoms with E-state index in [1.807, 2.05) is 24.3 Å². The van der Waals surface area contributed by atoms with Crippen molar-refractivity contribution in [3.8, 4) is 6.07 Å². The summed E-state index contributed by atoms with van der Waals surface area (Å²) < 4.78 is 0. The molecule has 1 atom stereocenters. The van der Waals surface area contributed by atoms with Crippen LogP contribution in [0.5, 0.6) is 0 Å². The summed E-state index contributed by atoms with van der Waals surface area (Å²) in [5, 5.41) is 13.4. The standard InChI is InChI=1S/C24H22N6/c25-14-18-10-11-19(15-26-18)28-24-9-3-7-22(29-24)23-8-4-12-30(23)16-20-13-17-5-1-2-6-21(17)27-20/h1-3,5-7,9-11,13,15,23,27H,4,8,12,16H2,(H,28,29). The Labute approximate surface area is 175 Å². The molecule has 0 radical (unpaired) electrons. The van der Waals surface area contributed by atoms with Gasteiger partial charge in [0.15, 0.2) is 0 Å². The van der Waals surface area contributed by atoms with Crippen molar-refractivity contribution >= 4 is 22.4 Å². The number of nitrogens with one attached hydrogen (secondary N) is 2. The minimum atomic E-state index is 0.303. The Balaban J connectivity index is 1.33. The first-order chi connectivity index (χ1) is 14.8. The molecule has 4 aromatic rings. The number of hydrogen-bond acceptors (Lipinski definition) is 5. The van der Waals surface area contributed by atoms with Gasteiger partial charge in [0.1, 0.15) is 17.6 Å². The zero-order chi connectivity index (χ0) is 20.3. The van der Waals surface area contributed by atoms with Gasteiger partial charge in [-0.1, -0.05) is 24.3 Å². The number of benzene rings is 1. The second-order valence-corrected chi connectivity index (χ2v) is 7.63. The average Bonchev–Trinajstić information content (AvgIpc) is 3.41. The van der Waals surface area contributed by atoms with E-state index in [0.29, 0.717) is 11.7 Å². The molecular weight excluding hydrogens is 372 g/mol. The molecule has 1 fully saturated rings. The third kappa shape index (κ3) is 3.76. The Morgan fingerprint density at radius 3 is 2.90 bits per heavy atom. The SMILES string of the molecule is N#Cc1ccc(Nc2cccc(C3CCCN3Cc3cc4ccccc4[nH]3)n2)cn1. The van der Waals surface area contributed by atoms with Gasteiger partial charge in [0.05, 0.1) is 23.6 Å². The fraction of sp³-hybridized carbons (Fsp3) is 0.208. The van der Waals surface area contributed by atoms with E-state index in [9.17, 15) is 0 Å². The molecule has 2 N–H and O–H groups in total. The molecule has 6 nitrogen and oxygen atoms in total. The van der Waals surface area contributed by atoms with Crippen LogP contribution in [0.4, 0.5) is 11.5 Å². The highest BCUT2D eigenvalue weighted by Crippen LogP contribution is 2.33. The van der Waals surface area contributed by atoms with Crippen molar-refractivity contribution in [1.29, 1.82) is 5.26 Å². The molecule has 0 spiro atoms. The minimum Gasteiger partial charge on any atom is -0.357 e. The van der Waals surface area contributed by atoms with Crippen LogP contribution in [0.15, 0.2) is 66.9 Å². The van der Waals surface area contributed by atoms with E-state index >= 15 is 0 Å². The highest BCUT2D eigenvalue weighted by molar-refractivity contribution is 5.80. The van der Waals surface area contributed by atoms with Gasteiger partial charge in [-0.15, -0.1) is 0 Å². The lowest BCUT2D eigenvalue weighted by molar-refractivity contribution is 0.242. The maximum atomic E-state index is 8.90. The van der Waals surface area contributed by atoms with E-state index in [4.69, 9.17) is 10.2 Å². The molecule has 1 aliphatic rings. The van der Waals surface area contributed by atoms with Gasteiger partial charge in [-0.25, -0.2) is 9.97 Å². The number of para-hydroxylation sites is 1. The Morgan fingerprint density at radius 2 is 2.07 bits per heavy atom. The van der Waals surface area contributed by atoms with Crippen LogP contribution in [-0.2, 0) is 6.54 Å². The lowest BCUT2D eigenvalue weighted by Gasteiger charge is -2.24. The number of pyridine rings is 2. The number of likely N-dealkylation sites (tertiary alicyclic amines) is 1. The molecule has 6 heteroatoms. The van der Waals surface area contributed by atoms with Crippen molar-refractivity contribution in [3.05, 3.63) is 83.9 Å². The van der Waals surface area contributed by atoms with Gasteiger partial charge in [0.25, 0.3) is 0 Å². The normalized spacial score (nSPS) is 16.6. The third-order valence-electron chi connectivity index (χ3n) is 5.59. The lowest BCUT2D eigenvalue weighted by atomic mass is 10.1. The molecule has 148 valence electrons. The zero-order valence-corrected chi connectivity index (χ0v) is 16.5. The first-order valence-electron chi connectivity index (χ1n) is 10.2. The first kappa shape index (κ1) is 18.3. The Bertz CT molecular complexity index is 1170. The number of nitriles is 1. The maximum absolute atomic E-state index is 8.90. The van der Waals surface area contributed by atoms with Crippen molar-refractivity contribution in [1.82, 2.24) is 19.9 Å². The summed E-state index contributed by atoms with van der Waals surface area (Å²) in [5.41, 5.74) is 4.72. The molecule has 0 amide bonds. The summed E-state index contributed by atoms with van der Waals surface area (Å²) in [4.78, 5) is 15.0. The molecule has 1 unspecified atom stereocenters. The van der Waals surface area contributed by atoms with E-state index in [1.165, 1.54) is 23.0 Å². The van der Waals surface area contributed by atoms with Crippen LogP contribution in [-0.4, -0.2) is 26.4 Å². The molecule has 30 heavy (non-hydrogen) atoms. The summed E-state index contributed by atoms with van der Waals surface area (Å²) in [7, 11) is 0. The van der Waals surface area contributed by atoms with Gasteiger partial charge in [-0.2, -0.15) is 5.26 Å². The molecule has 3 aromatic heterocycles. The predicted octanol–water partition coefficient (Wildman–Crippen LogP) is 4.91. The number of fused-ring (bicyclic) bond motifs is 1. The fourth-order valence-electron chi connectivity index (χ4n) is 4.18. The molecule has 1 aliphatic heterocycles. The summed E-state index contributed by atoms with van der Waals surface area (Å²) >= 11 is 0. The van der Waals surface area contributed by atoms with E-state index in [1.54, 1.807) is 12.3 Å². The van der Waals surface area contributed by atoms with Crippen LogP contribution >= 0.6 is 0 Å².